The number of aliphatic hydroxyl groups is 2. The summed E-state index contributed by atoms with van der Waals surface area (Å²) < 4.78 is 11.7. The molecule has 1 spiro atoms. The summed E-state index contributed by atoms with van der Waals surface area (Å²) in [5, 5.41) is 21.3. The van der Waals surface area contributed by atoms with E-state index in [-0.39, 0.29) is 5.60 Å². The minimum absolute atomic E-state index is 0.338. The summed E-state index contributed by atoms with van der Waals surface area (Å²) in [6, 6.07) is 7.72. The van der Waals surface area contributed by atoms with Gasteiger partial charge < -0.3 is 24.6 Å². The molecule has 0 amide bonds. The van der Waals surface area contributed by atoms with E-state index in [0.717, 1.165) is 48.6 Å². The number of benzene rings is 1. The van der Waals surface area contributed by atoms with Gasteiger partial charge in [0.05, 0.1) is 19.3 Å². The van der Waals surface area contributed by atoms with E-state index in [1.807, 2.05) is 18.2 Å². The highest BCUT2D eigenvalue weighted by Crippen LogP contribution is 2.45. The molecule has 152 valence electrons. The third kappa shape index (κ3) is 3.79. The molecule has 1 aromatic carbocycles. The number of rotatable bonds is 4. The van der Waals surface area contributed by atoms with Gasteiger partial charge in [-0.2, -0.15) is 0 Å². The Kier molecular flexibility index (Phi) is 5.40. The van der Waals surface area contributed by atoms with Gasteiger partial charge in [-0.1, -0.05) is 0 Å². The van der Waals surface area contributed by atoms with Crippen molar-refractivity contribution in [3.8, 4) is 11.5 Å². The second kappa shape index (κ2) is 7.67. The molecule has 1 saturated heterocycles. The molecule has 4 rings (SSSR count). The first-order valence-corrected chi connectivity index (χ1v) is 10.7. The zero-order valence-corrected chi connectivity index (χ0v) is 17.6. The van der Waals surface area contributed by atoms with Crippen LogP contribution in [0.25, 0.3) is 0 Å². The largest absolute Gasteiger partial charge is 0.497 e. The summed E-state index contributed by atoms with van der Waals surface area (Å²) in [5.41, 5.74) is 1.55. The summed E-state index contributed by atoms with van der Waals surface area (Å²) in [6.45, 7) is 6.50. The van der Waals surface area contributed by atoms with Gasteiger partial charge in [0.15, 0.2) is 0 Å². The smallest absolute Gasteiger partial charge is 0.129 e. The van der Waals surface area contributed by atoms with E-state index in [9.17, 15) is 10.2 Å². The number of thiophene rings is 1. The van der Waals surface area contributed by atoms with Crippen LogP contribution in [0.1, 0.15) is 52.4 Å². The number of likely N-dealkylation sites (tertiary alicyclic amines) is 1. The third-order valence-corrected chi connectivity index (χ3v) is 7.09. The number of methoxy groups -OCH3 is 1. The van der Waals surface area contributed by atoms with Crippen molar-refractivity contribution in [2.24, 2.45) is 0 Å². The normalized spacial score (nSPS) is 22.5. The van der Waals surface area contributed by atoms with Crippen LogP contribution in [0.4, 0.5) is 0 Å². The summed E-state index contributed by atoms with van der Waals surface area (Å²) in [5.74, 6) is 1.47. The molecular formula is C22H29NO4S. The Balaban J connectivity index is 1.41. The van der Waals surface area contributed by atoms with Crippen LogP contribution < -0.4 is 9.47 Å². The Bertz CT molecular complexity index is 841. The number of aryl methyl sites for hydroxylation is 2. The first kappa shape index (κ1) is 19.7. The van der Waals surface area contributed by atoms with Crippen molar-refractivity contribution in [1.82, 2.24) is 4.90 Å². The van der Waals surface area contributed by atoms with E-state index >= 15 is 0 Å². The molecule has 2 aromatic rings. The lowest BCUT2D eigenvalue weighted by Gasteiger charge is -2.46. The van der Waals surface area contributed by atoms with Gasteiger partial charge in [-0.05, 0) is 50.5 Å². The number of piperidine rings is 1. The minimum Gasteiger partial charge on any atom is -0.497 e. The van der Waals surface area contributed by atoms with Crippen LogP contribution >= 0.6 is 11.3 Å². The first-order valence-electron chi connectivity index (χ1n) is 9.91. The van der Waals surface area contributed by atoms with E-state index in [1.165, 1.54) is 9.75 Å². The van der Waals surface area contributed by atoms with Crippen molar-refractivity contribution in [3.05, 3.63) is 45.1 Å². The lowest BCUT2D eigenvalue weighted by Crippen LogP contribution is -2.51. The molecule has 2 N–H and O–H groups in total. The molecule has 3 heterocycles. The molecular weight excluding hydrogens is 374 g/mol. The third-order valence-electron chi connectivity index (χ3n) is 6.11. The molecule has 0 radical (unpaired) electrons. The van der Waals surface area contributed by atoms with Crippen LogP contribution in [0.15, 0.2) is 24.3 Å². The average Bonchev–Trinajstić information content (AvgIpc) is 3.01. The van der Waals surface area contributed by atoms with Gasteiger partial charge in [-0.3, -0.25) is 0 Å². The fourth-order valence-electron chi connectivity index (χ4n) is 4.52. The van der Waals surface area contributed by atoms with Gasteiger partial charge in [0.25, 0.3) is 0 Å². The van der Waals surface area contributed by atoms with E-state index in [0.29, 0.717) is 13.0 Å². The zero-order valence-electron chi connectivity index (χ0n) is 16.8. The van der Waals surface area contributed by atoms with Gasteiger partial charge in [0.1, 0.15) is 17.1 Å². The quantitative estimate of drug-likeness (QED) is 0.814. The minimum atomic E-state index is -0.511. The number of hydrogen-bond donors (Lipinski definition) is 2. The number of ether oxygens (including phenoxy) is 2. The van der Waals surface area contributed by atoms with Crippen LogP contribution in [-0.2, 0) is 0 Å². The summed E-state index contributed by atoms with van der Waals surface area (Å²) in [4.78, 5) is 4.74. The van der Waals surface area contributed by atoms with E-state index in [2.05, 4.69) is 24.8 Å². The SMILES string of the molecule is COc1ccc2c(c1)OC1(CCN(C[C@H](O)c3cc(C)sc3C)CC1)C[C@H]2O. The lowest BCUT2D eigenvalue weighted by atomic mass is 9.81. The molecule has 1 aromatic heterocycles. The van der Waals surface area contributed by atoms with Crippen LogP contribution in [0.3, 0.4) is 0 Å². The number of β-amino-alcohol motifs (C(OH)–C–C–N with tert-alkyl or cyclic N) is 1. The topological polar surface area (TPSA) is 62.2 Å². The fraction of sp³-hybridized carbons (Fsp3) is 0.545. The Morgan fingerprint density at radius 2 is 2.04 bits per heavy atom. The maximum Gasteiger partial charge on any atom is 0.129 e. The Morgan fingerprint density at radius 1 is 1.29 bits per heavy atom. The number of aliphatic hydroxyl groups excluding tert-OH is 2. The lowest BCUT2D eigenvalue weighted by molar-refractivity contribution is -0.0588. The van der Waals surface area contributed by atoms with Crippen molar-refractivity contribution in [2.75, 3.05) is 26.7 Å². The maximum absolute atomic E-state index is 10.7. The molecule has 28 heavy (non-hydrogen) atoms. The number of fused-ring (bicyclic) bond motifs is 1. The molecule has 0 aliphatic carbocycles. The van der Waals surface area contributed by atoms with E-state index in [1.54, 1.807) is 18.4 Å². The number of hydrogen-bond acceptors (Lipinski definition) is 6. The van der Waals surface area contributed by atoms with Gasteiger partial charge in [0.2, 0.25) is 0 Å². The van der Waals surface area contributed by atoms with Crippen molar-refractivity contribution in [2.45, 2.75) is 50.9 Å². The van der Waals surface area contributed by atoms with Gasteiger partial charge in [-0.25, -0.2) is 0 Å². The zero-order chi connectivity index (χ0) is 19.9. The molecule has 1 fully saturated rings. The van der Waals surface area contributed by atoms with Crippen molar-refractivity contribution >= 4 is 11.3 Å². The highest BCUT2D eigenvalue weighted by atomic mass is 32.1. The van der Waals surface area contributed by atoms with Crippen molar-refractivity contribution in [1.29, 1.82) is 0 Å². The van der Waals surface area contributed by atoms with Gasteiger partial charge in [0, 0.05) is 47.4 Å². The summed E-state index contributed by atoms with van der Waals surface area (Å²) >= 11 is 1.74. The summed E-state index contributed by atoms with van der Waals surface area (Å²) in [7, 11) is 1.64. The molecule has 0 bridgehead atoms. The molecule has 0 unspecified atom stereocenters. The van der Waals surface area contributed by atoms with Crippen LogP contribution in [0.2, 0.25) is 0 Å². The van der Waals surface area contributed by atoms with E-state index < -0.39 is 12.2 Å². The predicted molar refractivity (Wildman–Crippen MR) is 110 cm³/mol. The Labute approximate surface area is 170 Å². The van der Waals surface area contributed by atoms with Gasteiger partial charge in [-0.15, -0.1) is 11.3 Å². The Morgan fingerprint density at radius 3 is 2.68 bits per heavy atom. The summed E-state index contributed by atoms with van der Waals surface area (Å²) in [6.07, 6.45) is 1.33. The molecule has 2 aliphatic heterocycles. The van der Waals surface area contributed by atoms with Crippen LogP contribution in [0, 0.1) is 13.8 Å². The Hall–Kier alpha value is -1.60. The highest BCUT2D eigenvalue weighted by molar-refractivity contribution is 7.12. The standard InChI is InChI=1S/C22H29NO4S/c1-14-10-18(15(2)28-14)20(25)13-23-8-6-22(7-9-23)12-19(24)17-5-4-16(26-3)11-21(17)27-22/h4-5,10-11,19-20,24-25H,6-9,12-13H2,1-3H3/t19-,20+/m1/s1. The molecule has 6 heteroatoms. The first-order chi connectivity index (χ1) is 13.4. The molecule has 5 nitrogen and oxygen atoms in total. The monoisotopic (exact) mass is 403 g/mol. The molecule has 2 atom stereocenters. The second-order valence-corrected chi connectivity index (χ2v) is 9.55. The van der Waals surface area contributed by atoms with Crippen LogP contribution in [0.5, 0.6) is 11.5 Å². The van der Waals surface area contributed by atoms with Crippen molar-refractivity contribution in [3.63, 3.8) is 0 Å². The number of nitrogens with zero attached hydrogens (tertiary/aromatic N) is 1. The predicted octanol–water partition coefficient (Wildman–Crippen LogP) is 3.76. The fourth-order valence-corrected chi connectivity index (χ4v) is 5.50. The van der Waals surface area contributed by atoms with Crippen molar-refractivity contribution < 1.29 is 19.7 Å². The van der Waals surface area contributed by atoms with Crippen LogP contribution in [-0.4, -0.2) is 47.5 Å². The van der Waals surface area contributed by atoms with E-state index in [4.69, 9.17) is 9.47 Å². The molecule has 0 saturated carbocycles. The second-order valence-electron chi connectivity index (χ2n) is 8.09. The molecule has 2 aliphatic rings. The average molecular weight is 404 g/mol. The maximum atomic E-state index is 10.7. The highest BCUT2D eigenvalue weighted by Gasteiger charge is 2.43. The van der Waals surface area contributed by atoms with Gasteiger partial charge >= 0.3 is 0 Å².